The van der Waals surface area contributed by atoms with E-state index in [-0.39, 0.29) is 99.7 Å². The molecule has 0 atom stereocenters. The molecule has 0 spiro atoms. The number of carbonyl (C=O) groups is 4. The van der Waals surface area contributed by atoms with E-state index in [1.807, 2.05) is 0 Å². The van der Waals surface area contributed by atoms with Gasteiger partial charge in [-0.1, -0.05) is 24.3 Å². The Labute approximate surface area is 409 Å². The average molecular weight is 927 g/mol. The maximum Gasteiger partial charge on any atom is 1.00 e. The standard InChI is InChI=1S/2C20H21FN6O5.K/c2*1-10-25-26-17(32-10)16(30)24-20(2,3)19-23-13(14(28)18(31)27(19)4)15(29)22-9-11-5-7-12(21)8-6-11;/h2*5-8,28H,9H2,1-4H3,(H,22,29)(H,24,30);/q;;+1/p-1. The molecule has 0 saturated carbocycles. The molecule has 6 rings (SSSR count). The Kier molecular flexibility index (Phi) is 16.5. The van der Waals surface area contributed by atoms with Crippen LogP contribution in [0.2, 0.25) is 0 Å². The van der Waals surface area contributed by atoms with E-state index >= 15 is 0 Å². The van der Waals surface area contributed by atoms with E-state index in [9.17, 15) is 47.8 Å². The van der Waals surface area contributed by atoms with Gasteiger partial charge in [-0.15, -0.1) is 20.4 Å². The van der Waals surface area contributed by atoms with Crippen LogP contribution in [0.15, 0.2) is 67.0 Å². The second-order valence-electron chi connectivity index (χ2n) is 15.0. The summed E-state index contributed by atoms with van der Waals surface area (Å²) in [6.07, 6.45) is 0. The first kappa shape index (κ1) is 51.1. The first-order chi connectivity index (χ1) is 30.0. The fraction of sp³-hybridized carbons (Fsp3) is 0.300. The van der Waals surface area contributed by atoms with E-state index in [1.165, 1.54) is 90.3 Å². The minimum absolute atomic E-state index is 0. The second kappa shape index (κ2) is 21.0. The Morgan fingerprint density at radius 2 is 1.02 bits per heavy atom. The smallest absolute Gasteiger partial charge is 0.867 e. The van der Waals surface area contributed by atoms with Crippen molar-refractivity contribution >= 4 is 23.6 Å². The van der Waals surface area contributed by atoms with Crippen molar-refractivity contribution < 1.29 is 98.4 Å². The first-order valence-electron chi connectivity index (χ1n) is 18.9. The summed E-state index contributed by atoms with van der Waals surface area (Å²) in [5, 5.41) is 47.2. The molecular weight excluding hydrogens is 886 g/mol. The molecule has 6 aromatic rings. The third-order valence-corrected chi connectivity index (χ3v) is 9.09. The second-order valence-corrected chi connectivity index (χ2v) is 15.0. The summed E-state index contributed by atoms with van der Waals surface area (Å²) in [5.41, 5.74) is -4.39. The Morgan fingerprint density at radius 1 is 0.646 bits per heavy atom. The van der Waals surface area contributed by atoms with Crippen LogP contribution >= 0.6 is 0 Å². The largest absolute Gasteiger partial charge is 1.00 e. The Bertz CT molecular complexity index is 2670. The molecule has 4 aromatic heterocycles. The van der Waals surface area contributed by atoms with Gasteiger partial charge >= 0.3 is 75.0 Å². The number of aryl methyl sites for hydroxylation is 2. The van der Waals surface area contributed by atoms with Gasteiger partial charge in [0.05, 0.1) is 11.1 Å². The van der Waals surface area contributed by atoms with Crippen molar-refractivity contribution in [3.8, 4) is 11.5 Å². The average Bonchev–Trinajstić information content (AvgIpc) is 3.89. The predicted octanol–water partition coefficient (Wildman–Crippen LogP) is -1.80. The van der Waals surface area contributed by atoms with E-state index in [4.69, 9.17) is 8.83 Å². The molecule has 0 radical (unpaired) electrons. The summed E-state index contributed by atoms with van der Waals surface area (Å²) in [6, 6.07) is 10.8. The maximum atomic E-state index is 13.0. The van der Waals surface area contributed by atoms with Gasteiger partial charge in [0.1, 0.15) is 29.0 Å². The van der Waals surface area contributed by atoms with Gasteiger partial charge in [-0.2, -0.15) is 0 Å². The summed E-state index contributed by atoms with van der Waals surface area (Å²) >= 11 is 0. The molecular formula is C40H41F2KN12O10. The SMILES string of the molecule is Cc1nnc(C(=O)NC(C)(C)c2nc(C(=O)NCc3ccc(F)cc3)c(O)c(=O)n2C)o1.Cc1nnc(C(=O)NC(C)(C)c2nc(C(=O)NCc3ccc(F)cc3)c([O-])c(=O)n2C)o1.[K+]. The summed E-state index contributed by atoms with van der Waals surface area (Å²) in [6.45, 7) is 9.20. The number of rotatable bonds is 12. The number of carbonyl (C=O) groups excluding carboxylic acids is 4. The molecule has 4 heterocycles. The maximum absolute atomic E-state index is 13.0. The summed E-state index contributed by atoms with van der Waals surface area (Å²) in [4.78, 5) is 83.3. The van der Waals surface area contributed by atoms with Crippen LogP contribution in [0.25, 0.3) is 0 Å². The zero-order valence-corrected chi connectivity index (χ0v) is 39.6. The number of aromatic hydroxyl groups is 1. The first-order valence-corrected chi connectivity index (χ1v) is 18.9. The van der Waals surface area contributed by atoms with Gasteiger partial charge in [0.2, 0.25) is 23.1 Å². The molecule has 25 heteroatoms. The molecule has 22 nitrogen and oxygen atoms in total. The number of benzene rings is 2. The van der Waals surface area contributed by atoms with Gasteiger partial charge in [0.25, 0.3) is 17.4 Å². The van der Waals surface area contributed by atoms with Gasteiger partial charge in [-0.05, 0) is 68.8 Å². The molecule has 336 valence electrons. The van der Waals surface area contributed by atoms with Crippen LogP contribution in [0, 0.1) is 25.5 Å². The normalized spacial score (nSPS) is 11.1. The van der Waals surface area contributed by atoms with Crippen molar-refractivity contribution in [3.63, 3.8) is 0 Å². The minimum Gasteiger partial charge on any atom is -0.867 e. The monoisotopic (exact) mass is 926 g/mol. The predicted molar refractivity (Wildman–Crippen MR) is 214 cm³/mol. The quantitative estimate of drug-likeness (QED) is 0.0846. The topological polar surface area (TPSA) is 307 Å². The van der Waals surface area contributed by atoms with Gasteiger partial charge in [0, 0.05) is 41.0 Å². The third kappa shape index (κ3) is 12.4. The van der Waals surface area contributed by atoms with Crippen molar-refractivity contribution in [1.82, 2.24) is 60.8 Å². The summed E-state index contributed by atoms with van der Waals surface area (Å²) in [5.74, 6) is -6.16. The number of amides is 4. The molecule has 2 aromatic carbocycles. The molecule has 0 bridgehead atoms. The van der Waals surface area contributed by atoms with Gasteiger partial charge in [-0.25, -0.2) is 18.7 Å². The van der Waals surface area contributed by atoms with Crippen molar-refractivity contribution in [3.05, 3.63) is 139 Å². The van der Waals surface area contributed by atoms with E-state index in [1.54, 1.807) is 13.8 Å². The van der Waals surface area contributed by atoms with E-state index in [0.717, 1.165) is 9.13 Å². The molecule has 0 aliphatic carbocycles. The molecule has 65 heavy (non-hydrogen) atoms. The van der Waals surface area contributed by atoms with Crippen LogP contribution in [0.1, 0.15) is 105 Å². The molecule has 4 amide bonds. The van der Waals surface area contributed by atoms with Crippen molar-refractivity contribution in [1.29, 1.82) is 0 Å². The molecule has 0 unspecified atom stereocenters. The van der Waals surface area contributed by atoms with Crippen molar-refractivity contribution in [2.45, 2.75) is 65.7 Å². The van der Waals surface area contributed by atoms with Crippen LogP contribution in [-0.2, 0) is 38.3 Å². The molecule has 5 N–H and O–H groups in total. The Balaban J connectivity index is 0.000000280. The number of hydrogen-bond donors (Lipinski definition) is 5. The molecule has 0 saturated heterocycles. The number of aromatic nitrogens is 8. The van der Waals surface area contributed by atoms with E-state index < -0.39 is 80.3 Å². The fourth-order valence-corrected chi connectivity index (χ4v) is 5.90. The zero-order chi connectivity index (χ0) is 47.3. The fourth-order valence-electron chi connectivity index (χ4n) is 5.90. The summed E-state index contributed by atoms with van der Waals surface area (Å²) < 4.78 is 38.2. The minimum atomic E-state index is -1.30. The van der Waals surface area contributed by atoms with Crippen molar-refractivity contribution in [2.75, 3.05) is 0 Å². The van der Waals surface area contributed by atoms with E-state index in [0.29, 0.717) is 11.1 Å². The number of nitrogens with zero attached hydrogens (tertiary/aromatic N) is 8. The summed E-state index contributed by atoms with van der Waals surface area (Å²) in [7, 11) is 2.65. The van der Waals surface area contributed by atoms with Gasteiger partial charge in [-0.3, -0.25) is 37.9 Å². The number of hydrogen-bond acceptors (Lipinski definition) is 16. The van der Waals surface area contributed by atoms with Crippen LogP contribution < -0.4 is 88.9 Å². The zero-order valence-electron chi connectivity index (χ0n) is 36.5. The Hall–Kier alpha value is -6.54. The van der Waals surface area contributed by atoms with E-state index in [2.05, 4.69) is 51.6 Å². The number of nitrogens with one attached hydrogen (secondary N) is 4. The van der Waals surface area contributed by atoms with Crippen molar-refractivity contribution in [2.24, 2.45) is 14.1 Å². The van der Waals surface area contributed by atoms with Crippen LogP contribution in [0.5, 0.6) is 11.5 Å². The molecule has 0 aliphatic heterocycles. The van der Waals surface area contributed by atoms with Gasteiger partial charge in [0.15, 0.2) is 5.69 Å². The number of halogens is 2. The van der Waals surface area contributed by atoms with Crippen LogP contribution in [-0.4, -0.2) is 68.2 Å². The molecule has 0 aliphatic rings. The molecule has 0 fully saturated rings. The van der Waals surface area contributed by atoms with Crippen LogP contribution in [0.3, 0.4) is 0 Å². The van der Waals surface area contributed by atoms with Gasteiger partial charge < -0.3 is 40.3 Å². The van der Waals surface area contributed by atoms with Crippen LogP contribution in [0.4, 0.5) is 8.78 Å². The Morgan fingerprint density at radius 3 is 1.40 bits per heavy atom. The third-order valence-electron chi connectivity index (χ3n) is 9.09.